The van der Waals surface area contributed by atoms with Gasteiger partial charge in [-0.25, -0.2) is 13.5 Å². The van der Waals surface area contributed by atoms with Crippen molar-refractivity contribution in [1.29, 1.82) is 0 Å². The molecule has 1 aromatic heterocycles. The molecule has 7 nitrogen and oxygen atoms in total. The highest BCUT2D eigenvalue weighted by Gasteiger charge is 2.19. The van der Waals surface area contributed by atoms with Crippen LogP contribution in [0.3, 0.4) is 0 Å². The number of hydrogen-bond donors (Lipinski definition) is 0. The van der Waals surface area contributed by atoms with E-state index in [4.69, 9.17) is 9.47 Å². The van der Waals surface area contributed by atoms with Crippen molar-refractivity contribution in [2.45, 2.75) is 19.1 Å². The molecule has 1 aliphatic heterocycles. The number of aromatic nitrogens is 4. The smallest absolute Gasteiger partial charge is 0.245 e. The Kier molecular flexibility index (Phi) is 5.31. The summed E-state index contributed by atoms with van der Waals surface area (Å²) in [6.07, 6.45) is 0.384. The maximum atomic E-state index is 13.2. The van der Waals surface area contributed by atoms with E-state index in [-0.39, 0.29) is 6.10 Å². The van der Waals surface area contributed by atoms with E-state index in [1.165, 1.54) is 12.1 Å². The lowest BCUT2D eigenvalue weighted by Gasteiger charge is -2.27. The molecule has 24 heavy (non-hydrogen) atoms. The number of aryl methyl sites for hydroxylation is 2. The highest BCUT2D eigenvalue weighted by Crippen LogP contribution is 2.13. The Morgan fingerprint density at radius 1 is 1.25 bits per heavy atom. The van der Waals surface area contributed by atoms with Crippen molar-refractivity contribution in [3.05, 3.63) is 35.4 Å². The van der Waals surface area contributed by atoms with Crippen LogP contribution in [-0.4, -0.2) is 59.7 Å². The molecule has 1 aromatic carbocycles. The summed E-state index contributed by atoms with van der Waals surface area (Å²) in [5.41, 5.74) is 0.556. The monoisotopic (exact) mass is 339 g/mol. The Bertz CT molecular complexity index is 655. The number of ether oxygens (including phenoxy) is 2. The molecule has 0 amide bonds. The lowest BCUT2D eigenvalue weighted by atomic mass is 10.1. The molecule has 1 fully saturated rings. The van der Waals surface area contributed by atoms with Crippen LogP contribution in [-0.2, 0) is 22.4 Å². The minimum atomic E-state index is -0.589. The predicted molar refractivity (Wildman–Crippen MR) is 81.7 cm³/mol. The summed E-state index contributed by atoms with van der Waals surface area (Å²) in [5.74, 6) is -0.608. The Morgan fingerprint density at radius 3 is 2.75 bits per heavy atom. The number of likely N-dealkylation sites (N-methyl/N-ethyl adjacent to an activating group) is 1. The molecule has 2 heterocycles. The molecule has 0 saturated carbocycles. The van der Waals surface area contributed by atoms with Crippen LogP contribution in [0, 0.1) is 11.6 Å². The molecule has 1 atom stereocenters. The molecular weight excluding hydrogens is 320 g/mol. The lowest BCUT2D eigenvalue weighted by Crippen LogP contribution is -2.39. The number of hydrogen-bond acceptors (Lipinski definition) is 6. The van der Waals surface area contributed by atoms with Crippen LogP contribution in [0.25, 0.3) is 0 Å². The van der Waals surface area contributed by atoms with Gasteiger partial charge in [0.2, 0.25) is 5.95 Å². The molecule has 2 aromatic rings. The van der Waals surface area contributed by atoms with E-state index >= 15 is 0 Å². The second kappa shape index (κ2) is 7.63. The van der Waals surface area contributed by atoms with Gasteiger partial charge in [0, 0.05) is 19.7 Å². The quantitative estimate of drug-likeness (QED) is 0.784. The van der Waals surface area contributed by atoms with Crippen molar-refractivity contribution in [1.82, 2.24) is 20.2 Å². The summed E-state index contributed by atoms with van der Waals surface area (Å²) in [4.78, 5) is 1.88. The van der Waals surface area contributed by atoms with Crippen molar-refractivity contribution in [2.75, 3.05) is 38.3 Å². The molecular formula is C15H19F2N5O2. The third-order valence-corrected chi connectivity index (χ3v) is 3.75. The fourth-order valence-corrected chi connectivity index (χ4v) is 2.64. The first-order valence-corrected chi connectivity index (χ1v) is 7.73. The number of benzene rings is 1. The topological polar surface area (TPSA) is 65.3 Å². The molecule has 0 spiro atoms. The molecule has 1 aliphatic rings. The number of nitrogens with zero attached hydrogens (tertiary/aromatic N) is 5. The van der Waals surface area contributed by atoms with Crippen LogP contribution >= 0.6 is 0 Å². The fourth-order valence-electron chi connectivity index (χ4n) is 2.64. The lowest BCUT2D eigenvalue weighted by molar-refractivity contribution is -0.0838. The van der Waals surface area contributed by atoms with Crippen molar-refractivity contribution in [3.63, 3.8) is 0 Å². The maximum Gasteiger partial charge on any atom is 0.245 e. The molecule has 1 saturated heterocycles. The Balaban J connectivity index is 1.61. The molecule has 3 rings (SSSR count). The summed E-state index contributed by atoms with van der Waals surface area (Å²) in [5, 5.41) is 11.6. The van der Waals surface area contributed by atoms with Crippen molar-refractivity contribution < 1.29 is 18.3 Å². The second-order valence-corrected chi connectivity index (χ2v) is 5.68. The van der Waals surface area contributed by atoms with Crippen LogP contribution < -0.4 is 4.90 Å². The minimum absolute atomic E-state index is 0.0359. The molecule has 0 aliphatic carbocycles. The molecule has 0 N–H and O–H groups in total. The van der Waals surface area contributed by atoms with Gasteiger partial charge in [0.05, 0.1) is 32.5 Å². The summed E-state index contributed by atoms with van der Waals surface area (Å²) in [6, 6.07) is 3.47. The van der Waals surface area contributed by atoms with E-state index in [0.29, 0.717) is 50.8 Å². The van der Waals surface area contributed by atoms with Gasteiger partial charge in [0.1, 0.15) is 11.6 Å². The molecule has 130 valence electrons. The van der Waals surface area contributed by atoms with E-state index in [0.717, 1.165) is 6.07 Å². The maximum absolute atomic E-state index is 13.2. The van der Waals surface area contributed by atoms with E-state index < -0.39 is 11.6 Å². The van der Waals surface area contributed by atoms with Crippen molar-refractivity contribution >= 4 is 5.95 Å². The first-order valence-electron chi connectivity index (χ1n) is 7.73. The largest absolute Gasteiger partial charge is 0.376 e. The van der Waals surface area contributed by atoms with Crippen LogP contribution in [0.4, 0.5) is 14.7 Å². The van der Waals surface area contributed by atoms with Crippen molar-refractivity contribution in [3.8, 4) is 0 Å². The highest BCUT2D eigenvalue weighted by atomic mass is 19.1. The first-order chi connectivity index (χ1) is 11.6. The van der Waals surface area contributed by atoms with Gasteiger partial charge in [-0.05, 0) is 34.5 Å². The standard InChI is InChI=1S/C15H19F2N5O2/c1-21(9-14-10-23-4-5-24-14)15-18-19-20-22(15)3-2-11-6-12(16)8-13(17)7-11/h6-8,14H,2-5,9-10H2,1H3. The van der Waals surface area contributed by atoms with Crippen LogP contribution in [0.1, 0.15) is 5.56 Å². The van der Waals surface area contributed by atoms with Gasteiger partial charge >= 0.3 is 0 Å². The summed E-state index contributed by atoms with van der Waals surface area (Å²) in [6.45, 7) is 2.73. The Labute approximate surface area is 138 Å². The third kappa shape index (κ3) is 4.24. The average Bonchev–Trinajstić information content (AvgIpc) is 3.01. The molecule has 0 bridgehead atoms. The Hall–Kier alpha value is -2.13. The zero-order chi connectivity index (χ0) is 16.9. The normalized spacial score (nSPS) is 17.9. The van der Waals surface area contributed by atoms with E-state index in [9.17, 15) is 8.78 Å². The molecule has 1 unspecified atom stereocenters. The zero-order valence-electron chi connectivity index (χ0n) is 13.4. The summed E-state index contributed by atoms with van der Waals surface area (Å²) >= 11 is 0. The first kappa shape index (κ1) is 16.7. The summed E-state index contributed by atoms with van der Waals surface area (Å²) < 4.78 is 39.1. The average molecular weight is 339 g/mol. The van der Waals surface area contributed by atoms with Gasteiger partial charge in [-0.1, -0.05) is 5.10 Å². The third-order valence-electron chi connectivity index (χ3n) is 3.75. The SMILES string of the molecule is CN(CC1COCCO1)c1nnnn1CCc1cc(F)cc(F)c1. The summed E-state index contributed by atoms with van der Waals surface area (Å²) in [7, 11) is 1.86. The van der Waals surface area contributed by atoms with E-state index in [1.54, 1.807) is 4.68 Å². The molecule has 0 radical (unpaired) electrons. The van der Waals surface area contributed by atoms with Gasteiger partial charge < -0.3 is 14.4 Å². The Morgan fingerprint density at radius 2 is 2.04 bits per heavy atom. The molecule has 9 heteroatoms. The van der Waals surface area contributed by atoms with Gasteiger partial charge in [0.25, 0.3) is 0 Å². The van der Waals surface area contributed by atoms with Gasteiger partial charge in [0.15, 0.2) is 0 Å². The fraction of sp³-hybridized carbons (Fsp3) is 0.533. The number of rotatable bonds is 6. The van der Waals surface area contributed by atoms with Gasteiger partial charge in [-0.2, -0.15) is 0 Å². The van der Waals surface area contributed by atoms with E-state index in [2.05, 4.69) is 15.5 Å². The van der Waals surface area contributed by atoms with Gasteiger partial charge in [-0.15, -0.1) is 0 Å². The minimum Gasteiger partial charge on any atom is -0.376 e. The van der Waals surface area contributed by atoms with Gasteiger partial charge in [-0.3, -0.25) is 0 Å². The van der Waals surface area contributed by atoms with Crippen LogP contribution in [0.2, 0.25) is 0 Å². The van der Waals surface area contributed by atoms with Crippen molar-refractivity contribution in [2.24, 2.45) is 0 Å². The number of tetrazole rings is 1. The number of anilines is 1. The van der Waals surface area contributed by atoms with Crippen LogP contribution in [0.15, 0.2) is 18.2 Å². The second-order valence-electron chi connectivity index (χ2n) is 5.68. The van der Waals surface area contributed by atoms with E-state index in [1.807, 2.05) is 11.9 Å². The zero-order valence-corrected chi connectivity index (χ0v) is 13.4. The van der Waals surface area contributed by atoms with Crippen LogP contribution in [0.5, 0.6) is 0 Å². The predicted octanol–water partition coefficient (Wildman–Crippen LogP) is 1.05. The highest BCUT2D eigenvalue weighted by molar-refractivity contribution is 5.27. The number of halogens is 2.